The molecule has 8 heteroatoms. The van der Waals surface area contributed by atoms with Crippen molar-refractivity contribution in [1.82, 2.24) is 15.0 Å². The van der Waals surface area contributed by atoms with Crippen LogP contribution in [-0.4, -0.2) is 39.2 Å². The van der Waals surface area contributed by atoms with Gasteiger partial charge in [-0.2, -0.15) is 4.98 Å². The van der Waals surface area contributed by atoms with Gasteiger partial charge in [-0.1, -0.05) is 70.9 Å². The lowest BCUT2D eigenvalue weighted by Crippen LogP contribution is -2.49. The van der Waals surface area contributed by atoms with E-state index in [4.69, 9.17) is 26.0 Å². The molecule has 3 aromatic carbocycles. The highest BCUT2D eigenvalue weighted by molar-refractivity contribution is 6.30. The highest BCUT2D eigenvalue weighted by atomic mass is 35.5. The number of ether oxygens (including phenoxy) is 1. The first-order chi connectivity index (χ1) is 16.9. The maximum atomic E-state index is 11.0. The first-order valence-electron chi connectivity index (χ1n) is 11.3. The van der Waals surface area contributed by atoms with Gasteiger partial charge in [0.1, 0.15) is 5.75 Å². The average molecular weight is 490 g/mol. The summed E-state index contributed by atoms with van der Waals surface area (Å²) in [5.41, 5.74) is 3.85. The van der Waals surface area contributed by atoms with Crippen LogP contribution in [0.4, 0.5) is 0 Å². The van der Waals surface area contributed by atoms with Crippen molar-refractivity contribution in [3.8, 4) is 17.1 Å². The van der Waals surface area contributed by atoms with Crippen LogP contribution in [0.25, 0.3) is 11.4 Å². The molecule has 0 aliphatic carbocycles. The van der Waals surface area contributed by atoms with Gasteiger partial charge in [0.15, 0.2) is 0 Å². The number of hydrogen-bond acceptors (Lipinski definition) is 6. The predicted molar refractivity (Wildman–Crippen MR) is 131 cm³/mol. The number of aromatic nitrogens is 2. The van der Waals surface area contributed by atoms with Crippen LogP contribution in [0.3, 0.4) is 0 Å². The van der Waals surface area contributed by atoms with Gasteiger partial charge in [-0.05, 0) is 36.8 Å². The lowest BCUT2D eigenvalue weighted by Gasteiger charge is -2.36. The van der Waals surface area contributed by atoms with Crippen LogP contribution < -0.4 is 4.74 Å². The molecule has 7 nitrogen and oxygen atoms in total. The van der Waals surface area contributed by atoms with Gasteiger partial charge >= 0.3 is 5.97 Å². The summed E-state index contributed by atoms with van der Waals surface area (Å²) >= 11 is 6.24. The monoisotopic (exact) mass is 489 g/mol. The summed E-state index contributed by atoms with van der Waals surface area (Å²) in [7, 11) is 0. The van der Waals surface area contributed by atoms with Gasteiger partial charge in [0.25, 0.3) is 5.89 Å². The fraction of sp³-hybridized carbons (Fsp3) is 0.222. The van der Waals surface area contributed by atoms with Crippen LogP contribution in [-0.2, 0) is 11.3 Å². The number of carboxylic acids is 1. The minimum atomic E-state index is -0.730. The van der Waals surface area contributed by atoms with E-state index in [1.54, 1.807) is 6.07 Å². The van der Waals surface area contributed by atoms with E-state index in [1.165, 1.54) is 0 Å². The van der Waals surface area contributed by atoms with Gasteiger partial charge in [0.2, 0.25) is 11.9 Å². The zero-order chi connectivity index (χ0) is 24.4. The molecular formula is C27H24ClN3O4. The third kappa shape index (κ3) is 5.37. The van der Waals surface area contributed by atoms with Gasteiger partial charge in [-0.25, -0.2) is 0 Å². The van der Waals surface area contributed by atoms with Crippen molar-refractivity contribution >= 4 is 17.6 Å². The lowest BCUT2D eigenvalue weighted by molar-refractivity contribution is -0.147. The molecule has 1 aromatic heterocycles. The molecule has 1 aliphatic heterocycles. The van der Waals surface area contributed by atoms with E-state index in [9.17, 15) is 4.79 Å². The molecule has 2 heterocycles. The fourth-order valence-corrected chi connectivity index (χ4v) is 4.21. The highest BCUT2D eigenvalue weighted by Gasteiger charge is 2.32. The van der Waals surface area contributed by atoms with Crippen LogP contribution in [0.2, 0.25) is 5.02 Å². The molecule has 0 amide bonds. The predicted octanol–water partition coefficient (Wildman–Crippen LogP) is 5.38. The Morgan fingerprint density at radius 3 is 2.57 bits per heavy atom. The van der Waals surface area contributed by atoms with E-state index in [-0.39, 0.29) is 5.92 Å². The Hall–Kier alpha value is -3.68. The molecular weight excluding hydrogens is 466 g/mol. The number of carboxylic acid groups (broad SMARTS) is 1. The molecule has 0 radical (unpaired) electrons. The Labute approximate surface area is 207 Å². The van der Waals surface area contributed by atoms with E-state index in [2.05, 4.69) is 15.0 Å². The number of rotatable bonds is 8. The Morgan fingerprint density at radius 2 is 1.89 bits per heavy atom. The summed E-state index contributed by atoms with van der Waals surface area (Å²) in [4.78, 5) is 17.7. The molecule has 1 saturated heterocycles. The van der Waals surface area contributed by atoms with E-state index < -0.39 is 12.1 Å². The summed E-state index contributed by atoms with van der Waals surface area (Å²) in [6.45, 7) is 3.89. The highest BCUT2D eigenvalue weighted by Crippen LogP contribution is 2.31. The van der Waals surface area contributed by atoms with Crippen LogP contribution >= 0.6 is 11.6 Å². The zero-order valence-corrected chi connectivity index (χ0v) is 19.9. The van der Waals surface area contributed by atoms with Crippen molar-refractivity contribution in [3.05, 3.63) is 100 Å². The van der Waals surface area contributed by atoms with Crippen LogP contribution in [0.5, 0.6) is 5.75 Å². The second-order valence-electron chi connectivity index (χ2n) is 8.75. The summed E-state index contributed by atoms with van der Waals surface area (Å²) < 4.78 is 11.9. The molecule has 1 fully saturated rings. The van der Waals surface area contributed by atoms with Crippen LogP contribution in [0, 0.1) is 12.8 Å². The Kier molecular flexibility index (Phi) is 6.53. The van der Waals surface area contributed by atoms with Gasteiger partial charge in [-0.3, -0.25) is 9.69 Å². The quantitative estimate of drug-likeness (QED) is 0.355. The van der Waals surface area contributed by atoms with E-state index >= 15 is 0 Å². The third-order valence-electron chi connectivity index (χ3n) is 6.02. The normalized spacial score (nSPS) is 14.9. The topological polar surface area (TPSA) is 88.7 Å². The number of carbonyl (C=O) groups is 1. The first kappa shape index (κ1) is 23.1. The maximum absolute atomic E-state index is 11.0. The molecule has 178 valence electrons. The zero-order valence-electron chi connectivity index (χ0n) is 19.1. The van der Waals surface area contributed by atoms with Gasteiger partial charge in [-0.15, -0.1) is 0 Å². The molecule has 5 rings (SSSR count). The molecule has 1 N–H and O–H groups in total. The van der Waals surface area contributed by atoms with Crippen molar-refractivity contribution < 1.29 is 19.2 Å². The molecule has 1 aliphatic rings. The van der Waals surface area contributed by atoms with Gasteiger partial charge in [0, 0.05) is 35.8 Å². The minimum absolute atomic E-state index is 0.262. The molecule has 0 bridgehead atoms. The molecule has 35 heavy (non-hydrogen) atoms. The molecule has 0 saturated carbocycles. The molecule has 0 spiro atoms. The van der Waals surface area contributed by atoms with Crippen molar-refractivity contribution in [3.63, 3.8) is 0 Å². The van der Waals surface area contributed by atoms with E-state index in [0.29, 0.717) is 42.1 Å². The number of nitrogens with zero attached hydrogens (tertiary/aromatic N) is 3. The number of aryl methyl sites for hydroxylation is 1. The number of hydrogen-bond donors (Lipinski definition) is 1. The third-order valence-corrected chi connectivity index (χ3v) is 6.25. The number of likely N-dealkylation sites (tertiary alicyclic amines) is 1. The minimum Gasteiger partial charge on any atom is -0.481 e. The van der Waals surface area contributed by atoms with Crippen molar-refractivity contribution in [2.75, 3.05) is 13.1 Å². The summed E-state index contributed by atoms with van der Waals surface area (Å²) in [6, 6.07) is 23.0. The lowest BCUT2D eigenvalue weighted by atomic mass is 9.99. The molecule has 4 aromatic rings. The van der Waals surface area contributed by atoms with Crippen molar-refractivity contribution in [2.24, 2.45) is 5.92 Å². The van der Waals surface area contributed by atoms with E-state index in [1.807, 2.05) is 73.7 Å². The second-order valence-corrected chi connectivity index (χ2v) is 9.18. The summed E-state index contributed by atoms with van der Waals surface area (Å²) in [6.07, 6.45) is -0.620. The van der Waals surface area contributed by atoms with Crippen molar-refractivity contribution in [2.45, 2.75) is 19.6 Å². The number of halogens is 1. The standard InChI is InChI=1S/C27H24ClN3O4/c1-17-5-11-23(12-6-17)34-24(20-3-2-4-22(28)13-20)26-29-25(30-35-26)19-9-7-18(8-10-19)14-31-15-21(16-31)27(32)33/h2-13,21,24H,14-16H2,1H3,(H,32,33). The fourth-order valence-electron chi connectivity index (χ4n) is 4.02. The van der Waals surface area contributed by atoms with Crippen LogP contribution in [0.15, 0.2) is 77.3 Å². The molecule has 1 atom stereocenters. The van der Waals surface area contributed by atoms with Crippen LogP contribution in [0.1, 0.15) is 28.7 Å². The first-order valence-corrected chi connectivity index (χ1v) is 11.7. The Balaban J connectivity index is 1.34. The van der Waals surface area contributed by atoms with Gasteiger partial charge < -0.3 is 14.4 Å². The van der Waals surface area contributed by atoms with Gasteiger partial charge in [0.05, 0.1) is 5.92 Å². The SMILES string of the molecule is Cc1ccc(OC(c2cccc(Cl)c2)c2nc(-c3ccc(CN4CC(C(=O)O)C4)cc3)no2)cc1. The largest absolute Gasteiger partial charge is 0.481 e. The molecule has 1 unspecified atom stereocenters. The van der Waals surface area contributed by atoms with E-state index in [0.717, 1.165) is 22.3 Å². The van der Waals surface area contributed by atoms with Crippen molar-refractivity contribution in [1.29, 1.82) is 0 Å². The maximum Gasteiger partial charge on any atom is 0.309 e. The number of aliphatic carboxylic acids is 1. The summed E-state index contributed by atoms with van der Waals surface area (Å²) in [5.74, 6) is 0.475. The second kappa shape index (κ2) is 9.90. The Morgan fingerprint density at radius 1 is 1.14 bits per heavy atom. The number of benzene rings is 3. The smallest absolute Gasteiger partial charge is 0.309 e. The Bertz CT molecular complexity index is 1320. The summed E-state index contributed by atoms with van der Waals surface area (Å²) in [5, 5.41) is 13.8. The average Bonchev–Trinajstić information content (AvgIpc) is 3.31.